The number of primary amides is 1. The number of nitrogens with one attached hydrogen (secondary N) is 1. The van der Waals surface area contributed by atoms with Gasteiger partial charge in [0.25, 0.3) is 11.8 Å². The Kier molecular flexibility index (Phi) is 5.85. The second kappa shape index (κ2) is 9.05. The maximum Gasteiger partial charge on any atom is 0.339 e. The van der Waals surface area contributed by atoms with Crippen LogP contribution in [0.15, 0.2) is 79.1 Å². The maximum atomic E-state index is 12.9. The summed E-state index contributed by atoms with van der Waals surface area (Å²) in [5.41, 5.74) is 8.00. The van der Waals surface area contributed by atoms with Crippen LogP contribution in [-0.4, -0.2) is 34.4 Å². The van der Waals surface area contributed by atoms with E-state index in [0.29, 0.717) is 16.6 Å². The number of ether oxygens (including phenoxy) is 1. The molecule has 0 aliphatic rings. The van der Waals surface area contributed by atoms with E-state index < -0.39 is 24.4 Å². The summed E-state index contributed by atoms with van der Waals surface area (Å²) in [4.78, 5) is 45.3. The average molecular weight is 426 g/mol. The van der Waals surface area contributed by atoms with Crippen LogP contribution in [0.25, 0.3) is 22.2 Å². The van der Waals surface area contributed by atoms with Gasteiger partial charge in [0.15, 0.2) is 6.61 Å². The molecule has 0 radical (unpaired) electrons. The van der Waals surface area contributed by atoms with E-state index in [0.717, 1.165) is 5.56 Å². The standard InChI is InChI=1S/C24H18N4O4/c25-23(30)17-6-2-4-8-20(17)28-22(29)14-32-24(31)18-13-21(15-9-11-26-12-10-15)27-19-7-3-1-5-16(18)19/h1-13H,14H2,(H2,25,30)(H,28,29). The third kappa shape index (κ3) is 4.44. The smallest absolute Gasteiger partial charge is 0.339 e. The number of benzene rings is 2. The van der Waals surface area contributed by atoms with E-state index in [9.17, 15) is 14.4 Å². The van der Waals surface area contributed by atoms with Crippen LogP contribution in [0.3, 0.4) is 0 Å². The van der Waals surface area contributed by atoms with Crippen molar-refractivity contribution in [3.63, 3.8) is 0 Å². The van der Waals surface area contributed by atoms with Crippen LogP contribution in [0.1, 0.15) is 20.7 Å². The average Bonchev–Trinajstić information content (AvgIpc) is 2.82. The van der Waals surface area contributed by atoms with Gasteiger partial charge >= 0.3 is 5.97 Å². The number of pyridine rings is 2. The number of esters is 1. The zero-order valence-electron chi connectivity index (χ0n) is 16.8. The molecular formula is C24H18N4O4. The van der Waals surface area contributed by atoms with Crippen LogP contribution < -0.4 is 11.1 Å². The summed E-state index contributed by atoms with van der Waals surface area (Å²) in [5.74, 6) is -1.94. The van der Waals surface area contributed by atoms with Crippen LogP contribution in [0.2, 0.25) is 0 Å². The summed E-state index contributed by atoms with van der Waals surface area (Å²) in [5, 5.41) is 3.14. The summed E-state index contributed by atoms with van der Waals surface area (Å²) in [6.45, 7) is -0.535. The first-order valence-electron chi connectivity index (χ1n) is 9.69. The second-order valence-electron chi connectivity index (χ2n) is 6.84. The van der Waals surface area contributed by atoms with Gasteiger partial charge in [-0.3, -0.25) is 14.6 Å². The van der Waals surface area contributed by atoms with E-state index in [1.54, 1.807) is 60.9 Å². The highest BCUT2D eigenvalue weighted by Crippen LogP contribution is 2.25. The summed E-state index contributed by atoms with van der Waals surface area (Å²) in [7, 11) is 0. The first-order valence-corrected chi connectivity index (χ1v) is 9.69. The molecule has 0 aliphatic heterocycles. The van der Waals surface area contributed by atoms with E-state index in [-0.39, 0.29) is 16.8 Å². The molecule has 4 rings (SSSR count). The summed E-state index contributed by atoms with van der Waals surface area (Å²) in [6, 6.07) is 18.7. The third-order valence-corrected chi connectivity index (χ3v) is 4.71. The molecule has 2 heterocycles. The molecule has 8 heteroatoms. The molecule has 2 aromatic carbocycles. The monoisotopic (exact) mass is 426 g/mol. The van der Waals surface area contributed by atoms with E-state index in [1.807, 2.05) is 6.07 Å². The molecule has 4 aromatic rings. The number of nitrogens with zero attached hydrogens (tertiary/aromatic N) is 2. The Bertz CT molecular complexity index is 1320. The normalized spacial score (nSPS) is 10.5. The number of aromatic nitrogens is 2. The van der Waals surface area contributed by atoms with Crippen LogP contribution >= 0.6 is 0 Å². The van der Waals surface area contributed by atoms with Gasteiger partial charge in [-0.25, -0.2) is 9.78 Å². The van der Waals surface area contributed by atoms with Gasteiger partial charge in [0.1, 0.15) is 0 Å². The predicted molar refractivity (Wildman–Crippen MR) is 119 cm³/mol. The van der Waals surface area contributed by atoms with Gasteiger partial charge in [0, 0.05) is 23.3 Å². The van der Waals surface area contributed by atoms with Crippen LogP contribution in [0.5, 0.6) is 0 Å². The molecule has 0 saturated carbocycles. The fraction of sp³-hybridized carbons (Fsp3) is 0.0417. The molecule has 0 fully saturated rings. The zero-order chi connectivity index (χ0) is 22.5. The fourth-order valence-corrected chi connectivity index (χ4v) is 3.22. The summed E-state index contributed by atoms with van der Waals surface area (Å²) in [6.07, 6.45) is 3.27. The van der Waals surface area contributed by atoms with Crippen molar-refractivity contribution in [2.45, 2.75) is 0 Å². The fourth-order valence-electron chi connectivity index (χ4n) is 3.22. The Morgan fingerprint density at radius 1 is 0.906 bits per heavy atom. The van der Waals surface area contributed by atoms with Crippen molar-refractivity contribution in [2.75, 3.05) is 11.9 Å². The Hall–Kier alpha value is -4.59. The van der Waals surface area contributed by atoms with Gasteiger partial charge in [-0.05, 0) is 36.4 Å². The topological polar surface area (TPSA) is 124 Å². The molecule has 158 valence electrons. The molecule has 0 aliphatic carbocycles. The number of fused-ring (bicyclic) bond motifs is 1. The molecular weight excluding hydrogens is 408 g/mol. The van der Waals surface area contributed by atoms with Crippen molar-refractivity contribution in [1.29, 1.82) is 0 Å². The quantitative estimate of drug-likeness (QED) is 0.456. The second-order valence-corrected chi connectivity index (χ2v) is 6.84. The number of hydrogen-bond donors (Lipinski definition) is 2. The minimum atomic E-state index is -0.676. The largest absolute Gasteiger partial charge is 0.452 e. The molecule has 0 bridgehead atoms. The van der Waals surface area contributed by atoms with Crippen molar-refractivity contribution in [1.82, 2.24) is 9.97 Å². The van der Waals surface area contributed by atoms with Crippen LogP contribution in [0.4, 0.5) is 5.69 Å². The molecule has 0 atom stereocenters. The Morgan fingerprint density at radius 3 is 2.41 bits per heavy atom. The molecule has 0 saturated heterocycles. The van der Waals surface area contributed by atoms with Crippen LogP contribution in [-0.2, 0) is 9.53 Å². The lowest BCUT2D eigenvalue weighted by atomic mass is 10.0. The van der Waals surface area contributed by atoms with E-state index in [1.165, 1.54) is 12.1 Å². The van der Waals surface area contributed by atoms with Gasteiger partial charge in [-0.2, -0.15) is 0 Å². The molecule has 0 unspecified atom stereocenters. The summed E-state index contributed by atoms with van der Waals surface area (Å²) < 4.78 is 5.25. The van der Waals surface area contributed by atoms with Crippen molar-refractivity contribution >= 4 is 34.4 Å². The van der Waals surface area contributed by atoms with Gasteiger partial charge in [-0.15, -0.1) is 0 Å². The highest BCUT2D eigenvalue weighted by atomic mass is 16.5. The molecule has 3 N–H and O–H groups in total. The highest BCUT2D eigenvalue weighted by molar-refractivity contribution is 6.06. The van der Waals surface area contributed by atoms with Crippen molar-refractivity contribution in [3.8, 4) is 11.3 Å². The summed E-state index contributed by atoms with van der Waals surface area (Å²) >= 11 is 0. The number of anilines is 1. The lowest BCUT2D eigenvalue weighted by Crippen LogP contribution is -2.23. The number of carbonyl (C=O) groups excluding carboxylic acids is 3. The van der Waals surface area contributed by atoms with E-state index in [4.69, 9.17) is 10.5 Å². The number of nitrogens with two attached hydrogens (primary N) is 1. The molecule has 2 aromatic heterocycles. The third-order valence-electron chi connectivity index (χ3n) is 4.71. The van der Waals surface area contributed by atoms with E-state index in [2.05, 4.69) is 15.3 Å². The number of hydrogen-bond acceptors (Lipinski definition) is 6. The number of rotatable bonds is 6. The zero-order valence-corrected chi connectivity index (χ0v) is 16.8. The molecule has 2 amide bonds. The van der Waals surface area contributed by atoms with Crippen molar-refractivity contribution < 1.29 is 19.1 Å². The van der Waals surface area contributed by atoms with Crippen LogP contribution in [0, 0.1) is 0 Å². The first kappa shape index (κ1) is 20.7. The number of para-hydroxylation sites is 2. The SMILES string of the molecule is NC(=O)c1ccccc1NC(=O)COC(=O)c1cc(-c2ccncc2)nc2ccccc12. The molecule has 0 spiro atoms. The first-order chi connectivity index (χ1) is 15.5. The van der Waals surface area contributed by atoms with Gasteiger partial charge < -0.3 is 15.8 Å². The molecule has 32 heavy (non-hydrogen) atoms. The minimum Gasteiger partial charge on any atom is -0.452 e. The van der Waals surface area contributed by atoms with Gasteiger partial charge in [0.2, 0.25) is 0 Å². The van der Waals surface area contributed by atoms with Gasteiger partial charge in [-0.1, -0.05) is 30.3 Å². The molecule has 8 nitrogen and oxygen atoms in total. The maximum absolute atomic E-state index is 12.9. The van der Waals surface area contributed by atoms with Crippen molar-refractivity contribution in [2.24, 2.45) is 5.73 Å². The van der Waals surface area contributed by atoms with E-state index >= 15 is 0 Å². The highest BCUT2D eigenvalue weighted by Gasteiger charge is 2.17. The number of amides is 2. The van der Waals surface area contributed by atoms with Crippen molar-refractivity contribution in [3.05, 3.63) is 90.3 Å². The Morgan fingerprint density at radius 2 is 1.62 bits per heavy atom. The van der Waals surface area contributed by atoms with Gasteiger partial charge in [0.05, 0.1) is 28.0 Å². The Labute approximate surface area is 183 Å². The minimum absolute atomic E-state index is 0.161. The lowest BCUT2D eigenvalue weighted by Gasteiger charge is -2.11. The lowest BCUT2D eigenvalue weighted by molar-refractivity contribution is -0.119. The Balaban J connectivity index is 1.55. The number of carbonyl (C=O) groups is 3. The predicted octanol–water partition coefficient (Wildman–Crippen LogP) is 3.19.